The number of rotatable bonds is 7. The van der Waals surface area contributed by atoms with Gasteiger partial charge in [-0.05, 0) is 38.1 Å². The predicted octanol–water partition coefficient (Wildman–Crippen LogP) is 2.90. The second-order valence-corrected chi connectivity index (χ2v) is 6.71. The zero-order valence-corrected chi connectivity index (χ0v) is 14.5. The number of thiazole rings is 1. The molecule has 2 aromatic rings. The molecule has 124 valence electrons. The monoisotopic (exact) mass is 335 g/mol. The van der Waals surface area contributed by atoms with E-state index in [9.17, 15) is 9.18 Å². The molecule has 1 N–H and O–H groups in total. The van der Waals surface area contributed by atoms with Crippen molar-refractivity contribution < 1.29 is 9.18 Å². The van der Waals surface area contributed by atoms with Crippen LogP contribution < -0.4 is 5.32 Å². The predicted molar refractivity (Wildman–Crippen MR) is 90.8 cm³/mol. The first-order valence-electron chi connectivity index (χ1n) is 7.62. The van der Waals surface area contributed by atoms with Gasteiger partial charge in [-0.15, -0.1) is 11.3 Å². The van der Waals surface area contributed by atoms with Crippen molar-refractivity contribution in [3.05, 3.63) is 51.2 Å². The van der Waals surface area contributed by atoms with Crippen LogP contribution in [0, 0.1) is 12.7 Å². The fourth-order valence-electron chi connectivity index (χ4n) is 2.24. The van der Waals surface area contributed by atoms with E-state index in [-0.39, 0.29) is 11.7 Å². The highest BCUT2D eigenvalue weighted by Gasteiger charge is 2.10. The molecule has 0 aliphatic rings. The minimum absolute atomic E-state index is 0.0274. The number of carbonyl (C=O) groups excluding carboxylic acids is 1. The fourth-order valence-corrected chi connectivity index (χ4v) is 3.19. The van der Waals surface area contributed by atoms with E-state index in [0.717, 1.165) is 27.6 Å². The second kappa shape index (κ2) is 8.17. The van der Waals surface area contributed by atoms with E-state index in [2.05, 4.69) is 17.2 Å². The van der Waals surface area contributed by atoms with Gasteiger partial charge in [0.2, 0.25) is 5.91 Å². The van der Waals surface area contributed by atoms with E-state index in [4.69, 9.17) is 0 Å². The summed E-state index contributed by atoms with van der Waals surface area (Å²) in [4.78, 5) is 19.5. The van der Waals surface area contributed by atoms with Gasteiger partial charge in [0.1, 0.15) is 5.82 Å². The minimum Gasteiger partial charge on any atom is -0.350 e. The first kappa shape index (κ1) is 17.6. The number of aryl methyl sites for hydroxylation is 2. The number of nitrogens with one attached hydrogen (secondary N) is 1. The molecule has 0 atom stereocenters. The Hall–Kier alpha value is -1.79. The number of halogens is 1. The van der Waals surface area contributed by atoms with Crippen molar-refractivity contribution in [2.45, 2.75) is 33.4 Å². The van der Waals surface area contributed by atoms with E-state index in [1.165, 1.54) is 12.1 Å². The normalized spacial score (nSPS) is 11.0. The van der Waals surface area contributed by atoms with E-state index >= 15 is 0 Å². The molecule has 0 fully saturated rings. The minimum atomic E-state index is -0.250. The Bertz CT molecular complexity index is 654. The smallest absolute Gasteiger partial charge is 0.234 e. The van der Waals surface area contributed by atoms with Crippen LogP contribution in [0.1, 0.15) is 28.1 Å². The summed E-state index contributed by atoms with van der Waals surface area (Å²) in [6.07, 6.45) is 0.917. The lowest BCUT2D eigenvalue weighted by atomic mass is 10.2. The molecule has 1 amide bonds. The van der Waals surface area contributed by atoms with E-state index in [0.29, 0.717) is 19.6 Å². The molecule has 1 heterocycles. The first-order chi connectivity index (χ1) is 11.0. The molecule has 6 heteroatoms. The summed E-state index contributed by atoms with van der Waals surface area (Å²) in [6.45, 7) is 5.47. The van der Waals surface area contributed by atoms with Crippen LogP contribution in [0.3, 0.4) is 0 Å². The zero-order chi connectivity index (χ0) is 16.8. The van der Waals surface area contributed by atoms with Gasteiger partial charge < -0.3 is 5.32 Å². The molecule has 0 aliphatic heterocycles. The number of amides is 1. The topological polar surface area (TPSA) is 45.2 Å². The van der Waals surface area contributed by atoms with Crippen molar-refractivity contribution in [1.29, 1.82) is 0 Å². The fraction of sp³-hybridized carbons (Fsp3) is 0.412. The third-order valence-electron chi connectivity index (χ3n) is 3.46. The van der Waals surface area contributed by atoms with E-state index in [1.54, 1.807) is 23.5 Å². The molecular formula is C17H22FN3OS. The Morgan fingerprint density at radius 1 is 1.35 bits per heavy atom. The highest BCUT2D eigenvalue weighted by Crippen LogP contribution is 2.18. The largest absolute Gasteiger partial charge is 0.350 e. The Morgan fingerprint density at radius 3 is 2.65 bits per heavy atom. The molecule has 0 unspecified atom stereocenters. The summed E-state index contributed by atoms with van der Waals surface area (Å²) in [6, 6.07) is 6.33. The quantitative estimate of drug-likeness (QED) is 0.846. The first-order valence-corrected chi connectivity index (χ1v) is 8.44. The van der Waals surface area contributed by atoms with E-state index in [1.807, 2.05) is 18.9 Å². The number of benzene rings is 1. The Kier molecular flexibility index (Phi) is 6.24. The Balaban J connectivity index is 1.79. The van der Waals surface area contributed by atoms with Gasteiger partial charge in [0.25, 0.3) is 0 Å². The molecular weight excluding hydrogens is 313 g/mol. The number of likely N-dealkylation sites (N-methyl/N-ethyl adjacent to an activating group) is 1. The van der Waals surface area contributed by atoms with Gasteiger partial charge in [-0.1, -0.05) is 19.1 Å². The maximum atomic E-state index is 12.9. The molecule has 0 radical (unpaired) electrons. The lowest BCUT2D eigenvalue weighted by molar-refractivity contribution is -0.122. The summed E-state index contributed by atoms with van der Waals surface area (Å²) in [5.41, 5.74) is 1.97. The molecule has 0 aliphatic carbocycles. The Morgan fingerprint density at radius 2 is 2.04 bits per heavy atom. The summed E-state index contributed by atoms with van der Waals surface area (Å²) in [5, 5.41) is 4.03. The van der Waals surface area contributed by atoms with Crippen molar-refractivity contribution in [1.82, 2.24) is 15.2 Å². The SMILES string of the molecule is CCc1nc(C)c(CNC(=O)CN(C)Cc2ccc(F)cc2)s1. The van der Waals surface area contributed by atoms with Crippen LogP contribution in [0.5, 0.6) is 0 Å². The molecule has 23 heavy (non-hydrogen) atoms. The number of carbonyl (C=O) groups is 1. The van der Waals surface area contributed by atoms with Crippen LogP contribution in [0.25, 0.3) is 0 Å². The second-order valence-electron chi connectivity index (χ2n) is 5.55. The third-order valence-corrected chi connectivity index (χ3v) is 4.77. The summed E-state index contributed by atoms with van der Waals surface area (Å²) >= 11 is 1.65. The summed E-state index contributed by atoms with van der Waals surface area (Å²) in [7, 11) is 1.87. The molecule has 0 spiro atoms. The Labute approximate surface area is 140 Å². The number of hydrogen-bond acceptors (Lipinski definition) is 4. The highest BCUT2D eigenvalue weighted by atomic mass is 32.1. The maximum Gasteiger partial charge on any atom is 0.234 e. The standard InChI is InChI=1S/C17H22FN3OS/c1-4-17-20-12(2)15(23-17)9-19-16(22)11-21(3)10-13-5-7-14(18)8-6-13/h5-8H,4,9-11H2,1-3H3,(H,19,22). The lowest BCUT2D eigenvalue weighted by Crippen LogP contribution is -2.34. The van der Waals surface area contributed by atoms with Gasteiger partial charge >= 0.3 is 0 Å². The zero-order valence-electron chi connectivity index (χ0n) is 13.7. The summed E-state index contributed by atoms with van der Waals surface area (Å²) in [5.74, 6) is -0.277. The van der Waals surface area contributed by atoms with Gasteiger partial charge in [-0.3, -0.25) is 9.69 Å². The highest BCUT2D eigenvalue weighted by molar-refractivity contribution is 7.11. The van der Waals surface area contributed by atoms with Crippen molar-refractivity contribution in [3.8, 4) is 0 Å². The van der Waals surface area contributed by atoms with Gasteiger partial charge in [0.05, 0.1) is 23.8 Å². The van der Waals surface area contributed by atoms with Crippen molar-refractivity contribution >= 4 is 17.2 Å². The average Bonchev–Trinajstić information content (AvgIpc) is 2.88. The van der Waals surface area contributed by atoms with Crippen LogP contribution in [-0.2, 0) is 24.3 Å². The molecule has 1 aromatic carbocycles. The van der Waals surface area contributed by atoms with E-state index < -0.39 is 0 Å². The number of nitrogens with zero attached hydrogens (tertiary/aromatic N) is 2. The molecule has 0 bridgehead atoms. The average molecular weight is 335 g/mol. The maximum absolute atomic E-state index is 12.9. The van der Waals surface area contributed by atoms with Crippen LogP contribution in [0.15, 0.2) is 24.3 Å². The summed E-state index contributed by atoms with van der Waals surface area (Å²) < 4.78 is 12.9. The number of aromatic nitrogens is 1. The van der Waals surface area contributed by atoms with Gasteiger partial charge in [-0.2, -0.15) is 0 Å². The third kappa shape index (κ3) is 5.41. The molecule has 0 saturated heterocycles. The van der Waals surface area contributed by atoms with Gasteiger partial charge in [0.15, 0.2) is 0 Å². The van der Waals surface area contributed by atoms with Crippen LogP contribution in [0.4, 0.5) is 4.39 Å². The number of hydrogen-bond donors (Lipinski definition) is 1. The van der Waals surface area contributed by atoms with Crippen molar-refractivity contribution in [2.24, 2.45) is 0 Å². The van der Waals surface area contributed by atoms with Gasteiger partial charge in [-0.25, -0.2) is 9.37 Å². The molecule has 1 aromatic heterocycles. The lowest BCUT2D eigenvalue weighted by Gasteiger charge is -2.16. The molecule has 4 nitrogen and oxygen atoms in total. The molecule has 0 saturated carbocycles. The van der Waals surface area contributed by atoms with Crippen LogP contribution in [-0.4, -0.2) is 29.4 Å². The van der Waals surface area contributed by atoms with Crippen LogP contribution in [0.2, 0.25) is 0 Å². The molecule has 2 rings (SSSR count). The van der Waals surface area contributed by atoms with Crippen LogP contribution >= 0.6 is 11.3 Å². The van der Waals surface area contributed by atoms with Gasteiger partial charge in [0, 0.05) is 11.4 Å². The van der Waals surface area contributed by atoms with Crippen molar-refractivity contribution in [2.75, 3.05) is 13.6 Å². The van der Waals surface area contributed by atoms with Crippen molar-refractivity contribution in [3.63, 3.8) is 0 Å².